The third-order valence-corrected chi connectivity index (χ3v) is 4.21. The fourth-order valence-electron chi connectivity index (χ4n) is 2.86. The number of H-pyrrole nitrogens is 1. The molecule has 0 saturated carbocycles. The zero-order valence-electron chi connectivity index (χ0n) is 14.4. The molecule has 27 heavy (non-hydrogen) atoms. The molecule has 2 aromatic heterocycles. The average molecular weight is 360 g/mol. The standard InChI is InChI=1S/C19H16N6O2/c1-11-6-2-3-7-12(11)22-18(27)15-16(17(20)26)25(10-21-15)19-23-13-8-4-5-9-14(13)24-19/h2-10H,1H3,(H2,20,26)(H,22,27)(H,23,24). The Hall–Kier alpha value is -3.94. The van der Waals surface area contributed by atoms with E-state index in [1.54, 1.807) is 6.07 Å². The molecule has 0 spiro atoms. The number of fused-ring (bicyclic) bond motifs is 1. The monoisotopic (exact) mass is 360 g/mol. The number of carbonyl (C=O) groups excluding carboxylic acids is 2. The number of nitrogens with one attached hydrogen (secondary N) is 2. The topological polar surface area (TPSA) is 119 Å². The van der Waals surface area contributed by atoms with E-state index in [2.05, 4.69) is 20.3 Å². The van der Waals surface area contributed by atoms with Gasteiger partial charge in [-0.15, -0.1) is 0 Å². The molecule has 4 aromatic rings. The summed E-state index contributed by atoms with van der Waals surface area (Å²) < 4.78 is 1.38. The van der Waals surface area contributed by atoms with Crippen LogP contribution >= 0.6 is 0 Å². The number of nitrogens with two attached hydrogens (primary N) is 1. The van der Waals surface area contributed by atoms with Crippen LogP contribution in [-0.2, 0) is 0 Å². The second kappa shape index (κ2) is 6.41. The summed E-state index contributed by atoms with van der Waals surface area (Å²) in [7, 11) is 0. The molecular formula is C19H16N6O2. The molecule has 2 heterocycles. The second-order valence-electron chi connectivity index (χ2n) is 6.02. The highest BCUT2D eigenvalue weighted by molar-refractivity contribution is 6.10. The molecule has 0 saturated heterocycles. The largest absolute Gasteiger partial charge is 0.364 e. The quantitative estimate of drug-likeness (QED) is 0.518. The van der Waals surface area contributed by atoms with Crippen LogP contribution in [0.1, 0.15) is 26.5 Å². The molecule has 8 heteroatoms. The first-order valence-electron chi connectivity index (χ1n) is 8.24. The van der Waals surface area contributed by atoms with E-state index in [9.17, 15) is 9.59 Å². The summed E-state index contributed by atoms with van der Waals surface area (Å²) in [6.45, 7) is 1.87. The van der Waals surface area contributed by atoms with Crippen LogP contribution in [0.3, 0.4) is 0 Å². The maximum atomic E-state index is 12.7. The van der Waals surface area contributed by atoms with Crippen LogP contribution < -0.4 is 11.1 Å². The lowest BCUT2D eigenvalue weighted by atomic mass is 10.2. The van der Waals surface area contributed by atoms with Crippen molar-refractivity contribution in [2.24, 2.45) is 5.73 Å². The van der Waals surface area contributed by atoms with Crippen LogP contribution in [-0.4, -0.2) is 31.3 Å². The van der Waals surface area contributed by atoms with E-state index in [0.29, 0.717) is 11.6 Å². The van der Waals surface area contributed by atoms with Gasteiger partial charge < -0.3 is 16.0 Å². The number of nitrogens with zero attached hydrogens (tertiary/aromatic N) is 3. The van der Waals surface area contributed by atoms with Crippen LogP contribution in [0.2, 0.25) is 0 Å². The normalized spacial score (nSPS) is 10.9. The summed E-state index contributed by atoms with van der Waals surface area (Å²) in [5, 5.41) is 2.76. The van der Waals surface area contributed by atoms with Crippen LogP contribution in [0.15, 0.2) is 54.9 Å². The summed E-state index contributed by atoms with van der Waals surface area (Å²) in [4.78, 5) is 36.4. The van der Waals surface area contributed by atoms with Crippen LogP contribution in [0.25, 0.3) is 17.0 Å². The van der Waals surface area contributed by atoms with Gasteiger partial charge in [-0.05, 0) is 30.7 Å². The molecule has 8 nitrogen and oxygen atoms in total. The first kappa shape index (κ1) is 16.5. The van der Waals surface area contributed by atoms with Crippen molar-refractivity contribution in [3.05, 3.63) is 71.8 Å². The number of amides is 2. The van der Waals surface area contributed by atoms with Gasteiger partial charge in [0, 0.05) is 5.69 Å². The Balaban J connectivity index is 1.75. The number of anilines is 1. The molecule has 2 aromatic carbocycles. The molecule has 2 amide bonds. The zero-order valence-corrected chi connectivity index (χ0v) is 14.4. The highest BCUT2D eigenvalue weighted by atomic mass is 16.2. The minimum atomic E-state index is -0.775. The Morgan fingerprint density at radius 2 is 1.85 bits per heavy atom. The Kier molecular flexibility index (Phi) is 3.92. The summed E-state index contributed by atoms with van der Waals surface area (Å²) in [6.07, 6.45) is 1.35. The smallest absolute Gasteiger partial charge is 0.276 e. The number of carbonyl (C=O) groups is 2. The fraction of sp³-hybridized carbons (Fsp3) is 0.0526. The van der Waals surface area contributed by atoms with Gasteiger partial charge in [0.1, 0.15) is 12.0 Å². The maximum Gasteiger partial charge on any atom is 0.276 e. The SMILES string of the molecule is Cc1ccccc1NC(=O)c1ncn(-c2nc3ccccc3[nH]2)c1C(N)=O. The van der Waals surface area contributed by atoms with Gasteiger partial charge in [0.25, 0.3) is 11.8 Å². The third kappa shape index (κ3) is 2.93. The lowest BCUT2D eigenvalue weighted by Crippen LogP contribution is -2.23. The molecule has 0 atom stereocenters. The molecule has 0 aliphatic heterocycles. The number of imidazole rings is 2. The van der Waals surface area contributed by atoms with Crippen LogP contribution in [0.4, 0.5) is 5.69 Å². The van der Waals surface area contributed by atoms with E-state index in [1.165, 1.54) is 10.9 Å². The van der Waals surface area contributed by atoms with Gasteiger partial charge in [0.15, 0.2) is 5.69 Å². The van der Waals surface area contributed by atoms with E-state index in [0.717, 1.165) is 16.6 Å². The molecule has 0 unspecified atom stereocenters. The number of primary amides is 1. The number of aromatic amines is 1. The van der Waals surface area contributed by atoms with Gasteiger partial charge in [0.2, 0.25) is 5.95 Å². The van der Waals surface area contributed by atoms with Crippen molar-refractivity contribution in [3.8, 4) is 5.95 Å². The summed E-state index contributed by atoms with van der Waals surface area (Å²) >= 11 is 0. The van der Waals surface area contributed by atoms with Crippen molar-refractivity contribution in [2.75, 3.05) is 5.32 Å². The highest BCUT2D eigenvalue weighted by Crippen LogP contribution is 2.19. The average Bonchev–Trinajstić information content (AvgIpc) is 3.27. The maximum absolute atomic E-state index is 12.7. The van der Waals surface area contributed by atoms with E-state index < -0.39 is 11.8 Å². The molecule has 4 N–H and O–H groups in total. The Morgan fingerprint density at radius 1 is 1.11 bits per heavy atom. The van der Waals surface area contributed by atoms with E-state index in [1.807, 2.05) is 49.4 Å². The van der Waals surface area contributed by atoms with E-state index >= 15 is 0 Å². The summed E-state index contributed by atoms with van der Waals surface area (Å²) in [5.74, 6) is -0.941. The number of benzene rings is 2. The second-order valence-corrected chi connectivity index (χ2v) is 6.02. The first-order valence-corrected chi connectivity index (χ1v) is 8.24. The predicted octanol–water partition coefficient (Wildman–Crippen LogP) is 2.41. The van der Waals surface area contributed by atoms with Crippen LogP contribution in [0, 0.1) is 6.92 Å². The van der Waals surface area contributed by atoms with Crippen LogP contribution in [0.5, 0.6) is 0 Å². The summed E-state index contributed by atoms with van der Waals surface area (Å²) in [5.41, 5.74) is 8.47. The molecule has 0 aliphatic rings. The zero-order chi connectivity index (χ0) is 19.0. The van der Waals surface area contributed by atoms with Crippen molar-refractivity contribution >= 4 is 28.5 Å². The van der Waals surface area contributed by atoms with Crippen molar-refractivity contribution in [3.63, 3.8) is 0 Å². The van der Waals surface area contributed by atoms with Crippen molar-refractivity contribution in [2.45, 2.75) is 6.92 Å². The molecule has 0 bridgehead atoms. The Bertz CT molecular complexity index is 1140. The Labute approximate surface area is 154 Å². The van der Waals surface area contributed by atoms with Gasteiger partial charge in [-0.3, -0.25) is 14.2 Å². The van der Waals surface area contributed by atoms with Gasteiger partial charge in [-0.2, -0.15) is 0 Å². The van der Waals surface area contributed by atoms with Crippen molar-refractivity contribution < 1.29 is 9.59 Å². The number of aryl methyl sites for hydroxylation is 1. The summed E-state index contributed by atoms with van der Waals surface area (Å²) in [6, 6.07) is 14.7. The number of rotatable bonds is 4. The third-order valence-electron chi connectivity index (χ3n) is 4.21. The Morgan fingerprint density at radius 3 is 2.59 bits per heavy atom. The lowest BCUT2D eigenvalue weighted by Gasteiger charge is -2.08. The fourth-order valence-corrected chi connectivity index (χ4v) is 2.86. The van der Waals surface area contributed by atoms with Crippen molar-refractivity contribution in [1.82, 2.24) is 19.5 Å². The minimum Gasteiger partial charge on any atom is -0.364 e. The molecular weight excluding hydrogens is 344 g/mol. The molecule has 0 aliphatic carbocycles. The minimum absolute atomic E-state index is 0.0415. The first-order chi connectivity index (χ1) is 13.0. The number of aromatic nitrogens is 4. The molecule has 0 radical (unpaired) electrons. The number of para-hydroxylation sites is 3. The molecule has 4 rings (SSSR count). The van der Waals surface area contributed by atoms with Gasteiger partial charge in [-0.25, -0.2) is 9.97 Å². The van der Waals surface area contributed by atoms with Crippen molar-refractivity contribution in [1.29, 1.82) is 0 Å². The van der Waals surface area contributed by atoms with Gasteiger partial charge in [-0.1, -0.05) is 30.3 Å². The van der Waals surface area contributed by atoms with E-state index in [4.69, 9.17) is 5.73 Å². The predicted molar refractivity (Wildman–Crippen MR) is 101 cm³/mol. The number of hydrogen-bond donors (Lipinski definition) is 3. The lowest BCUT2D eigenvalue weighted by molar-refractivity contribution is 0.0970. The van der Waals surface area contributed by atoms with Gasteiger partial charge in [0.05, 0.1) is 11.0 Å². The highest BCUT2D eigenvalue weighted by Gasteiger charge is 2.24. The van der Waals surface area contributed by atoms with E-state index in [-0.39, 0.29) is 11.4 Å². The van der Waals surface area contributed by atoms with Gasteiger partial charge >= 0.3 is 0 Å². The molecule has 134 valence electrons. The number of hydrogen-bond acceptors (Lipinski definition) is 4. The molecule has 0 fully saturated rings.